The number of nitrogens with zero attached hydrogens (tertiary/aromatic N) is 1. The normalized spacial score (nSPS) is 10.4. The van der Waals surface area contributed by atoms with Crippen molar-refractivity contribution in [1.82, 2.24) is 4.98 Å². The number of carbonyl (C=O) groups is 1. The molecule has 134 valence electrons. The van der Waals surface area contributed by atoms with E-state index < -0.39 is 5.97 Å². The van der Waals surface area contributed by atoms with Crippen LogP contribution in [0.15, 0.2) is 47.8 Å². The van der Waals surface area contributed by atoms with Gasteiger partial charge in [-0.15, -0.1) is 11.3 Å². The Kier molecular flexibility index (Phi) is 5.48. The van der Waals surface area contributed by atoms with Gasteiger partial charge in [-0.05, 0) is 36.4 Å². The fourth-order valence-electron chi connectivity index (χ4n) is 2.36. The maximum absolute atomic E-state index is 13.0. The smallest absolute Gasteiger partial charge is 0.346 e. The summed E-state index contributed by atoms with van der Waals surface area (Å²) in [6.07, 6.45) is 0. The van der Waals surface area contributed by atoms with Crippen molar-refractivity contribution in [3.8, 4) is 22.1 Å². The van der Waals surface area contributed by atoms with Crippen molar-refractivity contribution in [2.24, 2.45) is 0 Å². The molecular weight excluding hydrogens is 357 g/mol. The maximum atomic E-state index is 13.0. The molecule has 7 heteroatoms. The summed E-state index contributed by atoms with van der Waals surface area (Å²) >= 11 is 1.40. The molecular formula is C19H16FNO4S. The maximum Gasteiger partial charge on any atom is 0.346 e. The average molecular weight is 373 g/mol. The lowest BCUT2D eigenvalue weighted by Gasteiger charge is -2.11. The Hall–Kier alpha value is -2.93. The van der Waals surface area contributed by atoms with Crippen molar-refractivity contribution in [3.05, 3.63) is 64.9 Å². The second-order valence-electron chi connectivity index (χ2n) is 5.26. The molecule has 0 unspecified atom stereocenters. The number of methoxy groups -OCH3 is 2. The fourth-order valence-corrected chi connectivity index (χ4v) is 3.17. The van der Waals surface area contributed by atoms with Gasteiger partial charge in [-0.1, -0.05) is 6.07 Å². The van der Waals surface area contributed by atoms with Gasteiger partial charge in [0, 0.05) is 10.9 Å². The molecule has 0 spiro atoms. The Morgan fingerprint density at radius 2 is 1.73 bits per heavy atom. The molecule has 0 saturated heterocycles. The number of hydrogen-bond donors (Lipinski definition) is 0. The Morgan fingerprint density at radius 1 is 1.08 bits per heavy atom. The van der Waals surface area contributed by atoms with Gasteiger partial charge in [-0.3, -0.25) is 0 Å². The minimum atomic E-state index is -0.560. The number of aromatic nitrogens is 1. The molecule has 26 heavy (non-hydrogen) atoms. The van der Waals surface area contributed by atoms with Gasteiger partial charge in [-0.2, -0.15) is 0 Å². The Bertz CT molecular complexity index is 886. The van der Waals surface area contributed by atoms with Crippen LogP contribution in [-0.2, 0) is 11.3 Å². The third kappa shape index (κ3) is 3.83. The third-order valence-electron chi connectivity index (χ3n) is 3.63. The summed E-state index contributed by atoms with van der Waals surface area (Å²) in [6, 6.07) is 11.1. The van der Waals surface area contributed by atoms with Crippen molar-refractivity contribution in [2.45, 2.75) is 6.61 Å². The number of carbonyl (C=O) groups excluding carboxylic acids is 1. The van der Waals surface area contributed by atoms with E-state index >= 15 is 0 Å². The monoisotopic (exact) mass is 373 g/mol. The van der Waals surface area contributed by atoms with Crippen LogP contribution in [0.4, 0.5) is 4.39 Å². The van der Waals surface area contributed by atoms with Crippen LogP contribution in [0.5, 0.6) is 11.5 Å². The molecule has 0 saturated carbocycles. The summed E-state index contributed by atoms with van der Waals surface area (Å²) in [6.45, 7) is 0.0116. The molecule has 1 heterocycles. The number of ether oxygens (including phenoxy) is 3. The van der Waals surface area contributed by atoms with Crippen LogP contribution in [-0.4, -0.2) is 25.2 Å². The van der Waals surface area contributed by atoms with Gasteiger partial charge < -0.3 is 14.2 Å². The van der Waals surface area contributed by atoms with E-state index in [1.165, 1.54) is 37.7 Å². The fraction of sp³-hybridized carbons (Fsp3) is 0.158. The zero-order valence-corrected chi connectivity index (χ0v) is 15.0. The van der Waals surface area contributed by atoms with Crippen molar-refractivity contribution >= 4 is 17.3 Å². The van der Waals surface area contributed by atoms with Crippen LogP contribution < -0.4 is 9.47 Å². The number of hydrogen-bond acceptors (Lipinski definition) is 6. The predicted octanol–water partition coefficient (Wildman–Crippen LogP) is 4.32. The molecule has 0 N–H and O–H groups in total. The molecule has 0 aliphatic carbocycles. The lowest BCUT2D eigenvalue weighted by Crippen LogP contribution is -2.09. The van der Waals surface area contributed by atoms with E-state index in [1.54, 1.807) is 35.7 Å². The minimum Gasteiger partial charge on any atom is -0.496 e. The van der Waals surface area contributed by atoms with Crippen molar-refractivity contribution < 1.29 is 23.4 Å². The topological polar surface area (TPSA) is 57.7 Å². The van der Waals surface area contributed by atoms with E-state index in [9.17, 15) is 9.18 Å². The summed E-state index contributed by atoms with van der Waals surface area (Å²) in [7, 11) is 2.95. The van der Waals surface area contributed by atoms with E-state index in [0.717, 1.165) is 10.6 Å². The Balaban J connectivity index is 1.72. The number of rotatable bonds is 6. The zero-order valence-electron chi connectivity index (χ0n) is 14.2. The zero-order chi connectivity index (χ0) is 18.5. The highest BCUT2D eigenvalue weighted by molar-refractivity contribution is 7.13. The first kappa shape index (κ1) is 17.9. The van der Waals surface area contributed by atoms with E-state index in [1.807, 2.05) is 0 Å². The van der Waals surface area contributed by atoms with Gasteiger partial charge in [0.15, 0.2) is 0 Å². The predicted molar refractivity (Wildman–Crippen MR) is 96.2 cm³/mol. The average Bonchev–Trinajstić information content (AvgIpc) is 3.15. The quantitative estimate of drug-likeness (QED) is 0.602. The highest BCUT2D eigenvalue weighted by atomic mass is 32.1. The number of esters is 1. The largest absolute Gasteiger partial charge is 0.496 e. The summed E-state index contributed by atoms with van der Waals surface area (Å²) in [5.41, 5.74) is 1.64. The van der Waals surface area contributed by atoms with Gasteiger partial charge in [0.2, 0.25) is 0 Å². The van der Waals surface area contributed by atoms with Crippen molar-refractivity contribution in [1.29, 1.82) is 0 Å². The molecule has 3 aromatic rings. The first-order chi connectivity index (χ1) is 12.6. The summed E-state index contributed by atoms with van der Waals surface area (Å²) < 4.78 is 28.8. The Morgan fingerprint density at radius 3 is 2.35 bits per heavy atom. The molecule has 0 atom stereocenters. The Labute approximate surface area is 154 Å². The summed E-state index contributed by atoms with van der Waals surface area (Å²) in [4.78, 5) is 16.9. The molecule has 0 aliphatic heterocycles. The molecule has 5 nitrogen and oxygen atoms in total. The van der Waals surface area contributed by atoms with E-state index in [2.05, 4.69) is 4.98 Å². The van der Waals surface area contributed by atoms with E-state index in [-0.39, 0.29) is 18.0 Å². The van der Waals surface area contributed by atoms with Crippen molar-refractivity contribution in [3.63, 3.8) is 0 Å². The van der Waals surface area contributed by atoms with Crippen LogP contribution in [0.3, 0.4) is 0 Å². The minimum absolute atomic E-state index is 0.0116. The molecule has 3 rings (SSSR count). The summed E-state index contributed by atoms with van der Waals surface area (Å²) in [5.74, 6) is -0.111. The molecule has 0 fully saturated rings. The molecule has 0 bridgehead atoms. The van der Waals surface area contributed by atoms with Gasteiger partial charge in [0.05, 0.1) is 19.9 Å². The molecule has 0 amide bonds. The highest BCUT2D eigenvalue weighted by Gasteiger charge is 2.20. The van der Waals surface area contributed by atoms with Crippen molar-refractivity contribution in [2.75, 3.05) is 14.2 Å². The lowest BCUT2D eigenvalue weighted by atomic mass is 10.2. The van der Waals surface area contributed by atoms with E-state index in [0.29, 0.717) is 17.2 Å². The first-order valence-electron chi connectivity index (χ1n) is 7.71. The molecule has 0 radical (unpaired) electrons. The standard InChI is InChI=1S/C19H16FNO4S/c1-23-15-4-3-5-16(24-2)17(15)19(22)25-10-14-11-26-18(21-14)12-6-8-13(20)9-7-12/h3-9,11H,10H2,1-2H3. The van der Waals surface area contributed by atoms with Crippen LogP contribution in [0.25, 0.3) is 10.6 Å². The second-order valence-corrected chi connectivity index (χ2v) is 6.12. The highest BCUT2D eigenvalue weighted by Crippen LogP contribution is 2.29. The molecule has 2 aromatic carbocycles. The molecule has 0 aliphatic rings. The first-order valence-corrected chi connectivity index (χ1v) is 8.58. The summed E-state index contributed by atoms with van der Waals surface area (Å²) in [5, 5.41) is 2.52. The van der Waals surface area contributed by atoms with Crippen LogP contribution in [0.2, 0.25) is 0 Å². The van der Waals surface area contributed by atoms with Gasteiger partial charge >= 0.3 is 5.97 Å². The van der Waals surface area contributed by atoms with E-state index in [4.69, 9.17) is 14.2 Å². The van der Waals surface area contributed by atoms with Gasteiger partial charge in [0.25, 0.3) is 0 Å². The van der Waals surface area contributed by atoms with Crippen LogP contribution in [0, 0.1) is 5.82 Å². The lowest BCUT2D eigenvalue weighted by molar-refractivity contribution is 0.0461. The van der Waals surface area contributed by atoms with Gasteiger partial charge in [0.1, 0.15) is 34.5 Å². The van der Waals surface area contributed by atoms with Crippen LogP contribution >= 0.6 is 11.3 Å². The number of benzene rings is 2. The molecule has 1 aromatic heterocycles. The third-order valence-corrected chi connectivity index (χ3v) is 4.57. The van der Waals surface area contributed by atoms with Gasteiger partial charge in [-0.25, -0.2) is 14.2 Å². The number of halogens is 1. The number of thiazole rings is 1. The SMILES string of the molecule is COc1cccc(OC)c1C(=O)OCc1csc(-c2ccc(F)cc2)n1. The second kappa shape index (κ2) is 7.97. The van der Waals surface area contributed by atoms with Crippen LogP contribution in [0.1, 0.15) is 16.1 Å².